The molecule has 7 heteroatoms. The van der Waals surface area contributed by atoms with Crippen molar-refractivity contribution in [1.29, 1.82) is 0 Å². The molecule has 0 radical (unpaired) electrons. The van der Waals surface area contributed by atoms with Gasteiger partial charge in [0.2, 0.25) is 0 Å². The zero-order valence-corrected chi connectivity index (χ0v) is 20.5. The van der Waals surface area contributed by atoms with E-state index in [0.29, 0.717) is 5.82 Å². The topological polar surface area (TPSA) is 71.5 Å². The zero-order chi connectivity index (χ0) is 24.1. The van der Waals surface area contributed by atoms with Crippen LogP contribution in [0, 0.1) is 0 Å². The van der Waals surface area contributed by atoms with Crippen molar-refractivity contribution >= 4 is 31.7 Å². The monoisotopic (exact) mass is 470 g/mol. The number of nitrogens with zero attached hydrogens (tertiary/aromatic N) is 4. The van der Waals surface area contributed by atoms with Crippen molar-refractivity contribution < 1.29 is 0 Å². The number of nitrogens with one attached hydrogen (secondary N) is 1. The smallest absolute Gasteiger partial charge is 0.150 e. The molecule has 4 rings (SSSR count). The van der Waals surface area contributed by atoms with Gasteiger partial charge in [0.25, 0.3) is 0 Å². The van der Waals surface area contributed by atoms with Crippen LogP contribution in [0.25, 0.3) is 22.5 Å². The third kappa shape index (κ3) is 4.89. The molecule has 34 heavy (non-hydrogen) atoms. The number of rotatable bonds is 9. The Balaban J connectivity index is 1.64. The lowest BCUT2D eigenvalue weighted by Crippen LogP contribution is -2.26. The SMILES string of the molecule is C=C(/C=C\C=C/C)NC(=C)c1ccc(-c2nc(C3CCCN3CC=P)n3ccnc(N)c23)cc1. The average Bonchev–Trinajstić information content (AvgIpc) is 3.45. The first-order chi connectivity index (χ1) is 16.5. The van der Waals surface area contributed by atoms with E-state index >= 15 is 0 Å². The number of likely N-dealkylation sites (tertiary alicyclic amines) is 1. The fourth-order valence-electron chi connectivity index (χ4n) is 4.40. The van der Waals surface area contributed by atoms with Gasteiger partial charge in [0.1, 0.15) is 22.9 Å². The van der Waals surface area contributed by atoms with Crippen LogP contribution in [-0.4, -0.2) is 38.2 Å². The Kier molecular flexibility index (Phi) is 7.41. The molecule has 1 aliphatic heterocycles. The normalized spacial score (nSPS) is 16.6. The molecule has 1 aromatic carbocycles. The summed E-state index contributed by atoms with van der Waals surface area (Å²) in [5.41, 5.74) is 11.6. The number of nitrogen functional groups attached to an aromatic ring is 1. The first-order valence-corrected chi connectivity index (χ1v) is 12.0. The maximum atomic E-state index is 6.34. The largest absolute Gasteiger partial charge is 0.382 e. The maximum absolute atomic E-state index is 6.34. The number of benzene rings is 1. The summed E-state index contributed by atoms with van der Waals surface area (Å²) in [5.74, 6) is 3.49. The number of hydrogen-bond acceptors (Lipinski definition) is 5. The Morgan fingerprint density at radius 3 is 2.79 bits per heavy atom. The van der Waals surface area contributed by atoms with Crippen molar-refractivity contribution in [2.24, 2.45) is 0 Å². The minimum absolute atomic E-state index is 0.237. The molecular formula is C27H31N6P. The van der Waals surface area contributed by atoms with E-state index in [0.717, 1.165) is 65.5 Å². The van der Waals surface area contributed by atoms with Crippen molar-refractivity contribution in [3.63, 3.8) is 0 Å². The minimum atomic E-state index is 0.237. The molecule has 1 saturated heterocycles. The van der Waals surface area contributed by atoms with Crippen LogP contribution in [0.4, 0.5) is 5.82 Å². The summed E-state index contributed by atoms with van der Waals surface area (Å²) in [6.07, 6.45) is 13.7. The van der Waals surface area contributed by atoms with E-state index in [4.69, 9.17) is 10.7 Å². The fourth-order valence-corrected chi connectivity index (χ4v) is 4.63. The van der Waals surface area contributed by atoms with Crippen LogP contribution in [0.1, 0.15) is 37.2 Å². The van der Waals surface area contributed by atoms with Crippen LogP contribution < -0.4 is 11.1 Å². The number of fused-ring (bicyclic) bond motifs is 1. The van der Waals surface area contributed by atoms with Gasteiger partial charge >= 0.3 is 0 Å². The number of imidazole rings is 1. The van der Waals surface area contributed by atoms with Gasteiger partial charge in [-0.1, -0.05) is 61.4 Å². The van der Waals surface area contributed by atoms with Crippen LogP contribution in [0.5, 0.6) is 0 Å². The van der Waals surface area contributed by atoms with Crippen molar-refractivity contribution in [2.45, 2.75) is 25.8 Å². The first kappa shape index (κ1) is 23.7. The van der Waals surface area contributed by atoms with Gasteiger partial charge in [-0.15, -0.1) is 8.86 Å². The van der Waals surface area contributed by atoms with E-state index in [9.17, 15) is 0 Å². The molecule has 0 aliphatic carbocycles. The highest BCUT2D eigenvalue weighted by Gasteiger charge is 2.30. The Labute approximate surface area is 203 Å². The molecule has 3 N–H and O–H groups in total. The average molecular weight is 471 g/mol. The molecule has 1 atom stereocenters. The Morgan fingerprint density at radius 1 is 1.26 bits per heavy atom. The molecule has 3 aromatic rings. The van der Waals surface area contributed by atoms with Crippen LogP contribution in [0.3, 0.4) is 0 Å². The van der Waals surface area contributed by atoms with E-state index in [1.807, 2.05) is 55.4 Å². The summed E-state index contributed by atoms with van der Waals surface area (Å²) in [6, 6.07) is 8.41. The zero-order valence-electron chi connectivity index (χ0n) is 19.5. The molecule has 0 saturated carbocycles. The number of allylic oxidation sites excluding steroid dienone is 4. The van der Waals surface area contributed by atoms with Crippen molar-refractivity contribution in [1.82, 2.24) is 24.6 Å². The molecule has 3 heterocycles. The van der Waals surface area contributed by atoms with Gasteiger partial charge < -0.3 is 11.1 Å². The fraction of sp³-hybridized carbons (Fsp3) is 0.222. The Morgan fingerprint density at radius 2 is 2.06 bits per heavy atom. The molecule has 0 bridgehead atoms. The molecule has 0 amide bonds. The molecule has 1 aliphatic rings. The van der Waals surface area contributed by atoms with E-state index in [-0.39, 0.29) is 6.04 Å². The predicted molar refractivity (Wildman–Crippen MR) is 146 cm³/mol. The highest BCUT2D eigenvalue weighted by atomic mass is 31.0. The highest BCUT2D eigenvalue weighted by Crippen LogP contribution is 2.36. The summed E-state index contributed by atoms with van der Waals surface area (Å²) in [4.78, 5) is 11.9. The Hall–Kier alpha value is -3.47. The molecule has 0 spiro atoms. The molecule has 1 fully saturated rings. The highest BCUT2D eigenvalue weighted by molar-refractivity contribution is 7.18. The van der Waals surface area contributed by atoms with Crippen molar-refractivity contribution in [2.75, 3.05) is 18.8 Å². The molecule has 1 unspecified atom stereocenters. The van der Waals surface area contributed by atoms with Gasteiger partial charge in [-0.2, -0.15) is 0 Å². The lowest BCUT2D eigenvalue weighted by atomic mass is 10.1. The first-order valence-electron chi connectivity index (χ1n) is 11.4. The third-order valence-electron chi connectivity index (χ3n) is 6.02. The molecular weight excluding hydrogens is 439 g/mol. The summed E-state index contributed by atoms with van der Waals surface area (Å²) >= 11 is 0. The predicted octanol–water partition coefficient (Wildman–Crippen LogP) is 5.27. The minimum Gasteiger partial charge on any atom is -0.382 e. The summed E-state index contributed by atoms with van der Waals surface area (Å²) in [5, 5.41) is 3.24. The van der Waals surface area contributed by atoms with Gasteiger partial charge in [-0.3, -0.25) is 9.30 Å². The molecule has 6 nitrogen and oxygen atoms in total. The van der Waals surface area contributed by atoms with E-state index in [1.165, 1.54) is 0 Å². The molecule has 174 valence electrons. The summed E-state index contributed by atoms with van der Waals surface area (Å²) in [6.45, 7) is 12.1. The quantitative estimate of drug-likeness (QED) is 0.329. The second-order valence-corrected chi connectivity index (χ2v) is 8.71. The maximum Gasteiger partial charge on any atom is 0.150 e. The van der Waals surface area contributed by atoms with E-state index in [1.54, 1.807) is 6.20 Å². The third-order valence-corrected chi connectivity index (χ3v) is 6.20. The van der Waals surface area contributed by atoms with Gasteiger partial charge in [0.15, 0.2) is 0 Å². The van der Waals surface area contributed by atoms with E-state index < -0.39 is 0 Å². The lowest BCUT2D eigenvalue weighted by Gasteiger charge is -2.21. The second-order valence-electron chi connectivity index (χ2n) is 8.30. The van der Waals surface area contributed by atoms with Crippen LogP contribution in [0.15, 0.2) is 79.8 Å². The van der Waals surface area contributed by atoms with Gasteiger partial charge in [-0.05, 0) is 37.9 Å². The molecule has 2 aromatic heterocycles. The second kappa shape index (κ2) is 10.6. The lowest BCUT2D eigenvalue weighted by molar-refractivity contribution is 0.286. The number of anilines is 1. The van der Waals surface area contributed by atoms with Crippen LogP contribution >= 0.6 is 8.86 Å². The van der Waals surface area contributed by atoms with Gasteiger partial charge in [-0.25, -0.2) is 9.97 Å². The number of aromatic nitrogens is 3. The summed E-state index contributed by atoms with van der Waals surface area (Å²) in [7, 11) is 3.51. The standard InChI is InChI=1S/C27H31N6P/c1-4-5-6-8-19(2)30-20(3)21-10-12-22(13-11-21)24-25-26(28)29-14-16-33(25)27(31-24)23-9-7-15-32(23)17-18-34/h4-6,8,10-14,16,18,23,30,34H,2-3,7,9,15,17H2,1H3,(H2,28,29)/b5-4-,8-6-. The van der Waals surface area contributed by atoms with Crippen molar-refractivity contribution in [3.05, 3.63) is 91.2 Å². The van der Waals surface area contributed by atoms with E-state index in [2.05, 4.69) is 53.8 Å². The van der Waals surface area contributed by atoms with Gasteiger partial charge in [0.05, 0.1) is 6.04 Å². The van der Waals surface area contributed by atoms with Crippen LogP contribution in [0.2, 0.25) is 0 Å². The number of hydrogen-bond donors (Lipinski definition) is 2. The number of nitrogens with two attached hydrogens (primary N) is 1. The summed E-state index contributed by atoms with van der Waals surface area (Å²) < 4.78 is 2.10. The Bertz CT molecular complexity index is 1270. The van der Waals surface area contributed by atoms with Crippen LogP contribution in [-0.2, 0) is 0 Å². The van der Waals surface area contributed by atoms with Gasteiger partial charge in [0, 0.05) is 35.9 Å². The van der Waals surface area contributed by atoms with Crippen molar-refractivity contribution in [3.8, 4) is 11.3 Å².